The van der Waals surface area contributed by atoms with Gasteiger partial charge in [-0.2, -0.15) is 0 Å². The number of guanidine groups is 1. The van der Waals surface area contributed by atoms with E-state index in [1.807, 2.05) is 0 Å². The molecule has 2 rings (SSSR count). The lowest BCUT2D eigenvalue weighted by Gasteiger charge is -2.27. The molecular formula is C14H25N5O2. The zero-order valence-electron chi connectivity index (χ0n) is 12.3. The van der Waals surface area contributed by atoms with Crippen molar-refractivity contribution < 1.29 is 9.59 Å². The molecule has 0 bridgehead atoms. The Morgan fingerprint density at radius 1 is 1.24 bits per heavy atom. The van der Waals surface area contributed by atoms with E-state index in [0.717, 1.165) is 45.1 Å². The number of nitrogens with two attached hydrogens (primary N) is 2. The molecule has 0 aromatic heterocycles. The fourth-order valence-electron chi connectivity index (χ4n) is 3.16. The van der Waals surface area contributed by atoms with Crippen molar-refractivity contribution in [1.82, 2.24) is 10.2 Å². The predicted octanol–water partition coefficient (Wildman–Crippen LogP) is -0.587. The largest absolute Gasteiger partial charge is 0.370 e. The van der Waals surface area contributed by atoms with Crippen LogP contribution in [0.3, 0.4) is 0 Å². The molecule has 1 unspecified atom stereocenters. The van der Waals surface area contributed by atoms with Crippen molar-refractivity contribution in [2.24, 2.45) is 28.3 Å². The maximum absolute atomic E-state index is 12.2. The van der Waals surface area contributed by atoms with Crippen LogP contribution in [-0.2, 0) is 9.59 Å². The molecule has 2 amide bonds. The van der Waals surface area contributed by atoms with Crippen molar-refractivity contribution in [1.29, 1.82) is 0 Å². The first-order valence-corrected chi connectivity index (χ1v) is 7.63. The number of hydrogen-bond acceptors (Lipinski definition) is 3. The number of rotatable bonds is 5. The van der Waals surface area contributed by atoms with Gasteiger partial charge in [-0.05, 0) is 38.0 Å². The summed E-state index contributed by atoms with van der Waals surface area (Å²) in [6, 6.07) is 0.113. The van der Waals surface area contributed by atoms with Gasteiger partial charge in [-0.3, -0.25) is 14.6 Å². The fraction of sp³-hybridized carbons (Fsp3) is 0.786. The van der Waals surface area contributed by atoms with Gasteiger partial charge >= 0.3 is 0 Å². The minimum Gasteiger partial charge on any atom is -0.370 e. The summed E-state index contributed by atoms with van der Waals surface area (Å²) in [5.74, 6) is 0.836. The standard InChI is InChI=1S/C14H25N5O2/c15-14(16)17-7-10-1-3-11(4-2-10)13(21)18-12-5-6-19(8-12)9-20/h9-12H,1-8H2,(H,18,21)(H4,15,16,17). The summed E-state index contributed by atoms with van der Waals surface area (Å²) in [7, 11) is 0. The highest BCUT2D eigenvalue weighted by Crippen LogP contribution is 2.29. The number of carbonyl (C=O) groups excluding carboxylic acids is 2. The van der Waals surface area contributed by atoms with Crippen molar-refractivity contribution in [2.75, 3.05) is 19.6 Å². The van der Waals surface area contributed by atoms with Crippen LogP contribution in [-0.4, -0.2) is 48.9 Å². The number of carbonyl (C=O) groups is 2. The molecule has 21 heavy (non-hydrogen) atoms. The molecule has 2 fully saturated rings. The maximum atomic E-state index is 12.2. The average molecular weight is 295 g/mol. The van der Waals surface area contributed by atoms with Crippen molar-refractivity contribution in [3.8, 4) is 0 Å². The molecule has 118 valence electrons. The Balaban J connectivity index is 1.71. The summed E-state index contributed by atoms with van der Waals surface area (Å²) in [4.78, 5) is 28.7. The molecule has 1 aliphatic heterocycles. The number of amides is 2. The Morgan fingerprint density at radius 3 is 2.52 bits per heavy atom. The Morgan fingerprint density at radius 2 is 1.95 bits per heavy atom. The molecule has 7 nitrogen and oxygen atoms in total. The number of hydrogen-bond donors (Lipinski definition) is 3. The van der Waals surface area contributed by atoms with Crippen LogP contribution in [0.4, 0.5) is 0 Å². The number of nitrogens with one attached hydrogen (secondary N) is 1. The lowest BCUT2D eigenvalue weighted by atomic mass is 9.81. The van der Waals surface area contributed by atoms with E-state index in [1.165, 1.54) is 0 Å². The lowest BCUT2D eigenvalue weighted by Crippen LogP contribution is -2.41. The van der Waals surface area contributed by atoms with Crippen molar-refractivity contribution in [3.05, 3.63) is 0 Å². The number of aliphatic imine (C=N–C) groups is 1. The van der Waals surface area contributed by atoms with E-state index in [-0.39, 0.29) is 23.8 Å². The van der Waals surface area contributed by atoms with Gasteiger partial charge in [0.05, 0.1) is 0 Å². The molecule has 2 aliphatic rings. The van der Waals surface area contributed by atoms with Gasteiger partial charge < -0.3 is 21.7 Å². The minimum absolute atomic E-state index is 0.0886. The first-order valence-electron chi connectivity index (χ1n) is 7.63. The lowest BCUT2D eigenvalue weighted by molar-refractivity contribution is -0.127. The topological polar surface area (TPSA) is 114 Å². The maximum Gasteiger partial charge on any atom is 0.223 e. The van der Waals surface area contributed by atoms with Gasteiger partial charge in [0.25, 0.3) is 0 Å². The summed E-state index contributed by atoms with van der Waals surface area (Å²) in [5, 5.41) is 3.07. The quantitative estimate of drug-likeness (QED) is 0.357. The molecule has 7 heteroatoms. The van der Waals surface area contributed by atoms with Gasteiger partial charge in [0.15, 0.2) is 5.96 Å². The first kappa shape index (κ1) is 15.6. The summed E-state index contributed by atoms with van der Waals surface area (Å²) in [6.45, 7) is 2.03. The van der Waals surface area contributed by atoms with Gasteiger partial charge in [0.2, 0.25) is 12.3 Å². The zero-order chi connectivity index (χ0) is 15.2. The number of likely N-dealkylation sites (tertiary alicyclic amines) is 1. The molecule has 0 aromatic carbocycles. The van der Waals surface area contributed by atoms with E-state index in [9.17, 15) is 9.59 Å². The summed E-state index contributed by atoms with van der Waals surface area (Å²) in [6.07, 6.45) is 5.45. The second-order valence-corrected chi connectivity index (χ2v) is 6.08. The normalized spacial score (nSPS) is 29.0. The zero-order valence-corrected chi connectivity index (χ0v) is 12.3. The molecule has 1 aliphatic carbocycles. The summed E-state index contributed by atoms with van der Waals surface area (Å²) in [5.41, 5.74) is 10.7. The second kappa shape index (κ2) is 7.28. The van der Waals surface area contributed by atoms with Gasteiger partial charge in [0, 0.05) is 31.6 Å². The highest BCUT2D eigenvalue weighted by atomic mass is 16.2. The van der Waals surface area contributed by atoms with Gasteiger partial charge in [-0.25, -0.2) is 0 Å². The number of nitrogens with zero attached hydrogens (tertiary/aromatic N) is 2. The van der Waals surface area contributed by atoms with Gasteiger partial charge in [-0.1, -0.05) is 0 Å². The minimum atomic E-state index is 0.0886. The van der Waals surface area contributed by atoms with Gasteiger partial charge in [0.1, 0.15) is 0 Å². The van der Waals surface area contributed by atoms with Crippen molar-refractivity contribution >= 4 is 18.3 Å². The smallest absolute Gasteiger partial charge is 0.223 e. The van der Waals surface area contributed by atoms with E-state index in [2.05, 4.69) is 10.3 Å². The third kappa shape index (κ3) is 4.61. The Labute approximate surface area is 125 Å². The van der Waals surface area contributed by atoms with Crippen LogP contribution in [0.1, 0.15) is 32.1 Å². The molecule has 1 saturated heterocycles. The molecule has 0 spiro atoms. The Bertz CT molecular complexity index is 400. The molecule has 1 heterocycles. The average Bonchev–Trinajstić information content (AvgIpc) is 2.93. The summed E-state index contributed by atoms with van der Waals surface area (Å²) >= 11 is 0. The van der Waals surface area contributed by atoms with E-state index >= 15 is 0 Å². The van der Waals surface area contributed by atoms with Crippen LogP contribution in [0, 0.1) is 11.8 Å². The van der Waals surface area contributed by atoms with Crippen LogP contribution in [0.25, 0.3) is 0 Å². The molecule has 1 atom stereocenters. The Hall–Kier alpha value is -1.79. The molecular weight excluding hydrogens is 270 g/mol. The van der Waals surface area contributed by atoms with Crippen molar-refractivity contribution in [2.45, 2.75) is 38.1 Å². The van der Waals surface area contributed by atoms with Crippen LogP contribution in [0.5, 0.6) is 0 Å². The van der Waals surface area contributed by atoms with E-state index in [4.69, 9.17) is 11.5 Å². The molecule has 1 saturated carbocycles. The predicted molar refractivity (Wildman–Crippen MR) is 80.3 cm³/mol. The highest BCUT2D eigenvalue weighted by molar-refractivity contribution is 5.79. The SMILES string of the molecule is NC(N)=NCC1CCC(C(=O)NC2CCN(C=O)C2)CC1. The van der Waals surface area contributed by atoms with E-state index in [1.54, 1.807) is 4.90 Å². The van der Waals surface area contributed by atoms with Crippen LogP contribution in [0.2, 0.25) is 0 Å². The van der Waals surface area contributed by atoms with Crippen LogP contribution >= 0.6 is 0 Å². The first-order chi connectivity index (χ1) is 10.1. The molecule has 0 radical (unpaired) electrons. The van der Waals surface area contributed by atoms with E-state index < -0.39 is 0 Å². The molecule has 5 N–H and O–H groups in total. The van der Waals surface area contributed by atoms with Crippen LogP contribution in [0.15, 0.2) is 4.99 Å². The monoisotopic (exact) mass is 295 g/mol. The highest BCUT2D eigenvalue weighted by Gasteiger charge is 2.29. The second-order valence-electron chi connectivity index (χ2n) is 6.08. The van der Waals surface area contributed by atoms with Crippen LogP contribution < -0.4 is 16.8 Å². The third-order valence-electron chi connectivity index (χ3n) is 4.46. The third-order valence-corrected chi connectivity index (χ3v) is 4.46. The Kier molecular flexibility index (Phi) is 5.41. The fourth-order valence-corrected chi connectivity index (χ4v) is 3.16. The van der Waals surface area contributed by atoms with E-state index in [0.29, 0.717) is 19.0 Å². The van der Waals surface area contributed by atoms with Gasteiger partial charge in [-0.15, -0.1) is 0 Å². The summed E-state index contributed by atoms with van der Waals surface area (Å²) < 4.78 is 0. The van der Waals surface area contributed by atoms with Crippen molar-refractivity contribution in [3.63, 3.8) is 0 Å². The molecule has 0 aromatic rings.